The maximum Gasteiger partial charge on any atom is 0.197 e. The molecule has 1 N–H and O–H groups in total. The third-order valence-electron chi connectivity index (χ3n) is 9.00. The van der Waals surface area contributed by atoms with Gasteiger partial charge in [0.25, 0.3) is 0 Å². The van der Waals surface area contributed by atoms with Crippen LogP contribution in [0.4, 0.5) is 0 Å². The van der Waals surface area contributed by atoms with Crippen molar-refractivity contribution in [2.24, 2.45) is 5.92 Å². The number of nitrogens with zero attached hydrogens (tertiary/aromatic N) is 4. The number of hydrogen-bond acceptors (Lipinski definition) is 6. The Morgan fingerprint density at radius 3 is 2.61 bits per heavy atom. The Balaban J connectivity index is 1.24. The molecule has 4 heterocycles. The zero-order valence-electron chi connectivity index (χ0n) is 22.7. The first kappa shape index (κ1) is 25.3. The first-order chi connectivity index (χ1) is 18.2. The molecule has 0 bridgehead atoms. The summed E-state index contributed by atoms with van der Waals surface area (Å²) in [6, 6.07) is 6.37. The van der Waals surface area contributed by atoms with Gasteiger partial charge in [-0.25, -0.2) is 17.9 Å². The predicted octanol–water partition coefficient (Wildman–Crippen LogP) is 6.04. The molecule has 4 aromatic heterocycles. The van der Waals surface area contributed by atoms with E-state index in [9.17, 15) is 8.42 Å². The van der Waals surface area contributed by atoms with Crippen LogP contribution in [0, 0.1) is 5.92 Å². The fourth-order valence-electron chi connectivity index (χ4n) is 6.46. The number of nitrogens with one attached hydrogen (secondary N) is 1. The second kappa shape index (κ2) is 9.36. The van der Waals surface area contributed by atoms with E-state index in [1.807, 2.05) is 12.3 Å². The average molecular weight is 536 g/mol. The minimum atomic E-state index is -2.94. The van der Waals surface area contributed by atoms with Crippen LogP contribution in [-0.4, -0.2) is 51.1 Å². The van der Waals surface area contributed by atoms with Crippen molar-refractivity contribution in [2.45, 2.75) is 81.8 Å². The van der Waals surface area contributed by atoms with Gasteiger partial charge in [0.05, 0.1) is 28.6 Å². The molecule has 4 aromatic rings. The molecule has 202 valence electrons. The van der Waals surface area contributed by atoms with Crippen molar-refractivity contribution in [2.75, 3.05) is 13.4 Å². The molecule has 0 saturated heterocycles. The van der Waals surface area contributed by atoms with E-state index < -0.39 is 14.6 Å². The van der Waals surface area contributed by atoms with Gasteiger partial charge in [-0.2, -0.15) is 5.10 Å². The molecule has 0 amide bonds. The summed E-state index contributed by atoms with van der Waals surface area (Å²) in [6.07, 6.45) is 13.0. The quantitative estimate of drug-likeness (QED) is 0.295. The smallest absolute Gasteiger partial charge is 0.197 e. The number of hydrogen-bond donors (Lipinski definition) is 1. The molecule has 0 aromatic carbocycles. The summed E-state index contributed by atoms with van der Waals surface area (Å²) in [4.78, 5) is 13.2. The first-order valence-electron chi connectivity index (χ1n) is 13.8. The molecule has 9 heteroatoms. The zero-order valence-corrected chi connectivity index (χ0v) is 23.5. The van der Waals surface area contributed by atoms with Gasteiger partial charge in [0.2, 0.25) is 0 Å². The van der Waals surface area contributed by atoms with Gasteiger partial charge in [-0.1, -0.05) is 13.8 Å². The van der Waals surface area contributed by atoms with Crippen molar-refractivity contribution in [1.29, 1.82) is 0 Å². The number of rotatable bonds is 8. The number of fused-ring (bicyclic) bond motifs is 2. The van der Waals surface area contributed by atoms with Gasteiger partial charge in [-0.3, -0.25) is 4.98 Å². The lowest BCUT2D eigenvalue weighted by molar-refractivity contribution is 0.300. The van der Waals surface area contributed by atoms with Crippen molar-refractivity contribution < 1.29 is 13.2 Å². The van der Waals surface area contributed by atoms with Gasteiger partial charge >= 0.3 is 0 Å². The number of aromatic nitrogens is 5. The average Bonchev–Trinajstić information content (AvgIpc) is 3.39. The van der Waals surface area contributed by atoms with Crippen LogP contribution in [0.15, 0.2) is 30.7 Å². The second-order valence-electron chi connectivity index (χ2n) is 11.7. The molecule has 2 fully saturated rings. The van der Waals surface area contributed by atoms with Crippen molar-refractivity contribution in [1.82, 2.24) is 24.6 Å². The van der Waals surface area contributed by atoms with Crippen LogP contribution >= 0.6 is 0 Å². The highest BCUT2D eigenvalue weighted by Gasteiger charge is 2.51. The summed E-state index contributed by atoms with van der Waals surface area (Å²) >= 11 is 0. The van der Waals surface area contributed by atoms with Crippen LogP contribution in [0.25, 0.3) is 27.9 Å². The molecular weight excluding hydrogens is 498 g/mol. The number of ether oxygens (including phenoxy) is 1. The van der Waals surface area contributed by atoms with Crippen molar-refractivity contribution in [3.05, 3.63) is 42.0 Å². The fraction of sp³-hybridized carbons (Fsp3) is 0.552. The summed E-state index contributed by atoms with van der Waals surface area (Å²) in [5.74, 6) is 2.04. The number of methoxy groups -OCH3 is 1. The van der Waals surface area contributed by atoms with Crippen LogP contribution in [0.1, 0.15) is 88.3 Å². The molecule has 2 aliphatic carbocycles. The highest BCUT2D eigenvalue weighted by molar-refractivity contribution is 7.92. The van der Waals surface area contributed by atoms with E-state index >= 15 is 0 Å². The second-order valence-corrected chi connectivity index (χ2v) is 14.1. The minimum Gasteiger partial charge on any atom is -0.493 e. The lowest BCUT2D eigenvalue weighted by Gasteiger charge is -2.29. The first-order valence-corrected chi connectivity index (χ1v) is 15.7. The molecule has 8 nitrogen and oxygen atoms in total. The number of aromatic amines is 1. The Bertz CT molecular complexity index is 1590. The SMILES string of the molecule is COc1cc(-c2[nH]c3ccc(C4CCC(CCC5(S(C)(=O)=O)CC5)CC4)nc3c2C(C)C)cn2ncnc12. The predicted molar refractivity (Wildman–Crippen MR) is 149 cm³/mol. The third kappa shape index (κ3) is 4.38. The number of H-pyrrole nitrogens is 1. The van der Waals surface area contributed by atoms with E-state index in [4.69, 9.17) is 9.72 Å². The highest BCUT2D eigenvalue weighted by Crippen LogP contribution is 2.49. The standard InChI is InChI=1S/C29H37N5O3S/c1-18(2)25-26(21-15-24(37-3)28-30-17-31-34(28)16-21)33-23-10-9-22(32-27(23)25)20-7-5-19(6-8-20)11-12-29(13-14-29)38(4,35)36/h9-10,15-20,33H,5-8,11-14H2,1-4H3. The van der Waals surface area contributed by atoms with Crippen LogP contribution in [0.2, 0.25) is 0 Å². The maximum absolute atomic E-state index is 12.2. The molecule has 0 spiro atoms. The molecule has 0 radical (unpaired) electrons. The molecule has 2 saturated carbocycles. The number of pyridine rings is 2. The van der Waals surface area contributed by atoms with Gasteiger partial charge in [0.1, 0.15) is 6.33 Å². The normalized spacial score (nSPS) is 21.4. The Kier molecular flexibility index (Phi) is 6.24. The largest absolute Gasteiger partial charge is 0.493 e. The summed E-state index contributed by atoms with van der Waals surface area (Å²) < 4.78 is 31.3. The lowest BCUT2D eigenvalue weighted by Crippen LogP contribution is -2.23. The van der Waals surface area contributed by atoms with Gasteiger partial charge in [-0.15, -0.1) is 0 Å². The zero-order chi connectivity index (χ0) is 26.7. The van der Waals surface area contributed by atoms with Gasteiger partial charge < -0.3 is 9.72 Å². The van der Waals surface area contributed by atoms with E-state index in [0.29, 0.717) is 23.2 Å². The molecule has 2 aliphatic rings. The maximum atomic E-state index is 12.2. The minimum absolute atomic E-state index is 0.277. The van der Waals surface area contributed by atoms with Crippen molar-refractivity contribution >= 4 is 26.5 Å². The molecule has 0 unspecified atom stereocenters. The van der Waals surface area contributed by atoms with E-state index in [1.54, 1.807) is 11.6 Å². The summed E-state index contributed by atoms with van der Waals surface area (Å²) in [5.41, 5.74) is 7.17. The molecule has 0 aliphatic heterocycles. The topological polar surface area (TPSA) is 102 Å². The molecular formula is C29H37N5O3S. The Labute approximate surface area is 224 Å². The Morgan fingerprint density at radius 1 is 1.18 bits per heavy atom. The van der Waals surface area contributed by atoms with Crippen LogP contribution < -0.4 is 4.74 Å². The van der Waals surface area contributed by atoms with Crippen molar-refractivity contribution in [3.8, 4) is 17.0 Å². The van der Waals surface area contributed by atoms with Gasteiger partial charge in [0, 0.05) is 35.2 Å². The molecule has 0 atom stereocenters. The fourth-order valence-corrected chi connectivity index (χ4v) is 7.79. The molecule has 6 rings (SSSR count). The summed E-state index contributed by atoms with van der Waals surface area (Å²) in [6.45, 7) is 4.42. The third-order valence-corrected chi connectivity index (χ3v) is 11.2. The monoisotopic (exact) mass is 535 g/mol. The lowest BCUT2D eigenvalue weighted by atomic mass is 9.78. The van der Waals surface area contributed by atoms with E-state index in [2.05, 4.69) is 41.0 Å². The van der Waals surface area contributed by atoms with Gasteiger partial charge in [0.15, 0.2) is 21.2 Å². The highest BCUT2D eigenvalue weighted by atomic mass is 32.2. The van der Waals surface area contributed by atoms with Crippen LogP contribution in [0.3, 0.4) is 0 Å². The van der Waals surface area contributed by atoms with Crippen LogP contribution in [0.5, 0.6) is 5.75 Å². The van der Waals surface area contributed by atoms with E-state index in [1.165, 1.54) is 23.8 Å². The van der Waals surface area contributed by atoms with Crippen molar-refractivity contribution in [3.63, 3.8) is 0 Å². The summed E-state index contributed by atoms with van der Waals surface area (Å²) in [7, 11) is -1.28. The number of sulfone groups is 1. The Hall–Kier alpha value is -2.94. The van der Waals surface area contributed by atoms with Gasteiger partial charge in [-0.05, 0) is 81.4 Å². The molecule has 38 heavy (non-hydrogen) atoms. The van der Waals surface area contributed by atoms with E-state index in [0.717, 1.165) is 73.7 Å². The summed E-state index contributed by atoms with van der Waals surface area (Å²) in [5, 5.41) is 4.33. The van der Waals surface area contributed by atoms with E-state index in [-0.39, 0.29) is 5.92 Å². The Morgan fingerprint density at radius 2 is 1.95 bits per heavy atom. The van der Waals surface area contributed by atoms with Crippen LogP contribution in [-0.2, 0) is 9.84 Å².